The molecular formula is C61H38N4O2. The first kappa shape index (κ1) is 38.4. The number of fused-ring (bicyclic) bond motifs is 12. The third-order valence-corrected chi connectivity index (χ3v) is 13.9. The Kier molecular flexibility index (Phi) is 8.28. The Balaban J connectivity index is 1.01. The van der Waals surface area contributed by atoms with Gasteiger partial charge in [-0.3, -0.25) is 0 Å². The van der Waals surface area contributed by atoms with Gasteiger partial charge in [-0.05, 0) is 142 Å². The van der Waals surface area contributed by atoms with Crippen molar-refractivity contribution in [3.8, 4) is 23.3 Å². The molecule has 0 amide bonds. The van der Waals surface area contributed by atoms with Crippen LogP contribution in [0.1, 0.15) is 36.1 Å². The number of nitriles is 2. The van der Waals surface area contributed by atoms with Gasteiger partial charge in [-0.25, -0.2) is 0 Å². The summed E-state index contributed by atoms with van der Waals surface area (Å²) in [5.41, 5.74) is 14.7. The molecule has 1 aliphatic carbocycles. The molecular weight excluding hydrogens is 821 g/mol. The predicted molar refractivity (Wildman–Crippen MR) is 272 cm³/mol. The highest BCUT2D eigenvalue weighted by atomic mass is 16.3. The zero-order valence-corrected chi connectivity index (χ0v) is 36.6. The lowest BCUT2D eigenvalue weighted by molar-refractivity contribution is 0.661. The van der Waals surface area contributed by atoms with Gasteiger partial charge in [-0.15, -0.1) is 0 Å². The van der Waals surface area contributed by atoms with Crippen LogP contribution < -0.4 is 9.80 Å². The number of nitrogens with zero attached hydrogens (tertiary/aromatic N) is 4. The molecule has 2 aromatic heterocycles. The van der Waals surface area contributed by atoms with Gasteiger partial charge >= 0.3 is 0 Å². The third-order valence-electron chi connectivity index (χ3n) is 13.9. The smallest absolute Gasteiger partial charge is 0.159 e. The number of rotatable bonds is 6. The van der Waals surface area contributed by atoms with Gasteiger partial charge in [0.25, 0.3) is 0 Å². The van der Waals surface area contributed by atoms with E-state index in [0.717, 1.165) is 94.2 Å². The van der Waals surface area contributed by atoms with Crippen LogP contribution in [-0.4, -0.2) is 0 Å². The van der Waals surface area contributed by atoms with Crippen molar-refractivity contribution in [1.29, 1.82) is 10.5 Å². The first-order chi connectivity index (χ1) is 32.9. The molecule has 67 heavy (non-hydrogen) atoms. The van der Waals surface area contributed by atoms with Crippen LogP contribution in [0, 0.1) is 22.7 Å². The van der Waals surface area contributed by atoms with Crippen molar-refractivity contribution >= 4 is 99.5 Å². The lowest BCUT2D eigenvalue weighted by Crippen LogP contribution is -2.17. The molecule has 0 aliphatic heterocycles. The minimum absolute atomic E-state index is 0.387. The highest BCUT2D eigenvalue weighted by Gasteiger charge is 2.38. The maximum absolute atomic E-state index is 9.82. The van der Waals surface area contributed by atoms with E-state index in [1.54, 1.807) is 0 Å². The standard InChI is InChI=1S/C61H38N4O2/c1-61(2)51-33-40-31-43(64(41-26-21-37(35-62)22-27-41)53-17-9-15-48-45-12-5-7-19-56(45)66-59(48)53)30-25-39(40)32-50(51)58-47-14-4-3-11-44(47)55(34-52(58)61)65(42-28-23-38(36-63)24-29-42)54-18-10-16-49-46-13-6-8-20-57(46)67-60(49)54/h3-34H,1-2H3. The summed E-state index contributed by atoms with van der Waals surface area (Å²) in [7, 11) is 0. The number of benzene rings is 10. The second-order valence-corrected chi connectivity index (χ2v) is 17.9. The topological polar surface area (TPSA) is 80.3 Å². The van der Waals surface area contributed by atoms with Crippen LogP contribution in [0.15, 0.2) is 203 Å². The van der Waals surface area contributed by atoms with Crippen molar-refractivity contribution in [2.75, 3.05) is 9.80 Å². The first-order valence-corrected chi connectivity index (χ1v) is 22.4. The van der Waals surface area contributed by atoms with Crippen LogP contribution in [0.3, 0.4) is 0 Å². The summed E-state index contributed by atoms with van der Waals surface area (Å²) in [5.74, 6) is 0. The number of furan rings is 2. The maximum Gasteiger partial charge on any atom is 0.159 e. The summed E-state index contributed by atoms with van der Waals surface area (Å²) in [6.07, 6.45) is 0. The predicted octanol–water partition coefficient (Wildman–Crippen LogP) is 16.8. The Morgan fingerprint density at radius 1 is 0.403 bits per heavy atom. The highest BCUT2D eigenvalue weighted by molar-refractivity contribution is 6.15. The molecule has 1 aliphatic rings. The number of anilines is 6. The van der Waals surface area contributed by atoms with Crippen molar-refractivity contribution < 1.29 is 8.83 Å². The third kappa shape index (κ3) is 5.74. The molecule has 6 heteroatoms. The van der Waals surface area contributed by atoms with Crippen LogP contribution >= 0.6 is 0 Å². The second-order valence-electron chi connectivity index (χ2n) is 17.9. The van der Waals surface area contributed by atoms with Gasteiger partial charge in [0.1, 0.15) is 11.2 Å². The molecule has 12 aromatic rings. The zero-order valence-electron chi connectivity index (χ0n) is 36.6. The molecule has 0 radical (unpaired) electrons. The molecule has 0 atom stereocenters. The van der Waals surface area contributed by atoms with E-state index in [-0.39, 0.29) is 5.41 Å². The van der Waals surface area contributed by atoms with E-state index >= 15 is 0 Å². The fraction of sp³-hybridized carbons (Fsp3) is 0.0492. The summed E-state index contributed by atoms with van der Waals surface area (Å²) in [6.45, 7) is 4.67. The van der Waals surface area contributed by atoms with Crippen molar-refractivity contribution in [2.45, 2.75) is 19.3 Å². The normalized spacial score (nSPS) is 12.7. The molecule has 314 valence electrons. The van der Waals surface area contributed by atoms with Crippen LogP contribution in [0.4, 0.5) is 34.1 Å². The Labute approximate surface area is 386 Å². The minimum Gasteiger partial charge on any atom is -0.454 e. The Morgan fingerprint density at radius 3 is 1.51 bits per heavy atom. The average molecular weight is 859 g/mol. The van der Waals surface area contributed by atoms with Crippen LogP contribution in [0.25, 0.3) is 76.5 Å². The van der Waals surface area contributed by atoms with Crippen molar-refractivity contribution in [2.24, 2.45) is 0 Å². The lowest BCUT2D eigenvalue weighted by atomic mass is 9.81. The average Bonchev–Trinajstić information content (AvgIpc) is 4.02. The van der Waals surface area contributed by atoms with Crippen LogP contribution in [-0.2, 0) is 5.41 Å². The van der Waals surface area contributed by atoms with E-state index in [9.17, 15) is 10.5 Å². The summed E-state index contributed by atoms with van der Waals surface area (Å²) >= 11 is 0. The summed E-state index contributed by atoms with van der Waals surface area (Å²) < 4.78 is 13.3. The molecule has 0 saturated carbocycles. The summed E-state index contributed by atoms with van der Waals surface area (Å²) in [6, 6.07) is 71.7. The van der Waals surface area contributed by atoms with E-state index in [2.05, 4.69) is 151 Å². The Hall–Kier alpha value is -9.10. The van der Waals surface area contributed by atoms with Crippen LogP contribution in [0.5, 0.6) is 0 Å². The molecule has 13 rings (SSSR count). The number of hydrogen-bond donors (Lipinski definition) is 0. The Morgan fingerprint density at radius 2 is 0.910 bits per heavy atom. The van der Waals surface area contributed by atoms with E-state index in [1.807, 2.05) is 78.9 Å². The summed E-state index contributed by atoms with van der Waals surface area (Å²) in [5, 5.41) is 28.3. The zero-order chi connectivity index (χ0) is 45.0. The molecule has 10 aromatic carbocycles. The molecule has 0 N–H and O–H groups in total. The van der Waals surface area contributed by atoms with Crippen molar-refractivity contribution in [1.82, 2.24) is 0 Å². The van der Waals surface area contributed by atoms with Gasteiger partial charge in [0, 0.05) is 49.4 Å². The number of hydrogen-bond acceptors (Lipinski definition) is 6. The molecule has 0 unspecified atom stereocenters. The molecule has 0 bridgehead atoms. The largest absolute Gasteiger partial charge is 0.454 e. The van der Waals surface area contributed by atoms with E-state index in [4.69, 9.17) is 8.83 Å². The molecule has 0 spiro atoms. The molecule has 0 fully saturated rings. The van der Waals surface area contributed by atoms with Crippen molar-refractivity contribution in [3.05, 3.63) is 216 Å². The Bertz CT molecular complexity index is 4110. The fourth-order valence-corrected chi connectivity index (χ4v) is 10.6. The SMILES string of the molecule is CC1(C)c2cc3cc(N(c4ccc(C#N)cc4)c4cccc5c4oc4ccccc45)ccc3cc2-c2c1cc(N(c1ccc(C#N)cc1)c1cccc3c1oc1ccccc13)c1ccccc21. The molecule has 0 saturated heterocycles. The first-order valence-electron chi connectivity index (χ1n) is 22.4. The quantitative estimate of drug-likeness (QED) is 0.166. The minimum atomic E-state index is -0.387. The monoisotopic (exact) mass is 858 g/mol. The van der Waals surface area contributed by atoms with Crippen LogP contribution in [0.2, 0.25) is 0 Å². The second kappa shape index (κ2) is 14.5. The van der Waals surface area contributed by atoms with Gasteiger partial charge in [0.15, 0.2) is 11.2 Å². The summed E-state index contributed by atoms with van der Waals surface area (Å²) in [4.78, 5) is 4.54. The van der Waals surface area contributed by atoms with Gasteiger partial charge in [0.2, 0.25) is 0 Å². The van der Waals surface area contributed by atoms with Crippen molar-refractivity contribution in [3.63, 3.8) is 0 Å². The number of para-hydroxylation sites is 4. The van der Waals surface area contributed by atoms with Gasteiger partial charge in [0.05, 0.1) is 40.3 Å². The van der Waals surface area contributed by atoms with E-state index < -0.39 is 0 Å². The van der Waals surface area contributed by atoms with Gasteiger partial charge in [-0.2, -0.15) is 10.5 Å². The maximum atomic E-state index is 9.82. The molecule has 2 heterocycles. The fourth-order valence-electron chi connectivity index (χ4n) is 10.6. The van der Waals surface area contributed by atoms with Gasteiger partial charge < -0.3 is 18.6 Å². The van der Waals surface area contributed by atoms with Gasteiger partial charge in [-0.1, -0.05) is 105 Å². The van der Waals surface area contributed by atoms with E-state index in [1.165, 1.54) is 27.6 Å². The lowest BCUT2D eigenvalue weighted by Gasteiger charge is -2.30. The van der Waals surface area contributed by atoms with E-state index in [0.29, 0.717) is 11.1 Å². The molecule has 6 nitrogen and oxygen atoms in total. The highest BCUT2D eigenvalue weighted by Crippen LogP contribution is 2.56.